The van der Waals surface area contributed by atoms with Crippen LogP contribution in [0.1, 0.15) is 0 Å². The molecule has 1 saturated heterocycles. The average molecular weight is 309 g/mol. The lowest BCUT2D eigenvalue weighted by Crippen LogP contribution is -2.39. The fourth-order valence-corrected chi connectivity index (χ4v) is 2.78. The van der Waals surface area contributed by atoms with E-state index < -0.39 is 5.82 Å². The molecule has 0 aliphatic carbocycles. The predicted octanol–water partition coefficient (Wildman–Crippen LogP) is 1.53. The minimum atomic E-state index is -0.426. The Hall–Kier alpha value is -1.57. The topological polar surface area (TPSA) is 50.3 Å². The number of aromatic amines is 1. The van der Waals surface area contributed by atoms with Gasteiger partial charge in [0.25, 0.3) is 5.56 Å². The third-order valence-corrected chi connectivity index (χ3v) is 4.01. The summed E-state index contributed by atoms with van der Waals surface area (Å²) in [7, 11) is 0. The standard InChI is InChI=1S/C14H16FN3O2S/c15-10-1-2-12-11(9-10)13(19)18(14(21)16-12)4-3-17-5-7-20-8-6-17/h1-2,9H,3-8H2,(H,16,21). The van der Waals surface area contributed by atoms with Crippen molar-refractivity contribution in [3.8, 4) is 0 Å². The first-order valence-corrected chi connectivity index (χ1v) is 7.28. The second-order valence-electron chi connectivity index (χ2n) is 5.03. The molecule has 2 aromatic rings. The van der Waals surface area contributed by atoms with Crippen molar-refractivity contribution in [1.29, 1.82) is 0 Å². The van der Waals surface area contributed by atoms with Gasteiger partial charge in [-0.05, 0) is 30.4 Å². The average Bonchev–Trinajstić information content (AvgIpc) is 2.49. The third-order valence-electron chi connectivity index (χ3n) is 3.69. The van der Waals surface area contributed by atoms with Crippen LogP contribution in [0.5, 0.6) is 0 Å². The number of hydrogen-bond donors (Lipinski definition) is 1. The second-order valence-corrected chi connectivity index (χ2v) is 5.42. The van der Waals surface area contributed by atoms with E-state index in [1.807, 2.05) is 0 Å². The van der Waals surface area contributed by atoms with E-state index in [2.05, 4.69) is 9.88 Å². The number of morpholine rings is 1. The number of nitrogens with zero attached hydrogens (tertiary/aromatic N) is 2. The first-order chi connectivity index (χ1) is 10.1. The summed E-state index contributed by atoms with van der Waals surface area (Å²) in [4.78, 5) is 17.6. The van der Waals surface area contributed by atoms with Gasteiger partial charge in [0, 0.05) is 26.2 Å². The van der Waals surface area contributed by atoms with E-state index in [-0.39, 0.29) is 5.56 Å². The molecule has 1 aliphatic rings. The molecule has 3 rings (SSSR count). The summed E-state index contributed by atoms with van der Waals surface area (Å²) in [6, 6.07) is 4.09. The Labute approximate surface area is 126 Å². The van der Waals surface area contributed by atoms with Crippen LogP contribution in [0.25, 0.3) is 10.9 Å². The molecule has 1 aromatic carbocycles. The quantitative estimate of drug-likeness (QED) is 0.874. The number of nitrogens with one attached hydrogen (secondary N) is 1. The maximum absolute atomic E-state index is 13.3. The number of H-pyrrole nitrogens is 1. The van der Waals surface area contributed by atoms with Crippen LogP contribution >= 0.6 is 12.2 Å². The zero-order valence-corrected chi connectivity index (χ0v) is 12.3. The van der Waals surface area contributed by atoms with E-state index in [0.717, 1.165) is 19.6 Å². The van der Waals surface area contributed by atoms with Crippen LogP contribution in [-0.4, -0.2) is 47.3 Å². The molecule has 21 heavy (non-hydrogen) atoms. The molecule has 1 fully saturated rings. The summed E-state index contributed by atoms with van der Waals surface area (Å²) in [5, 5.41) is 0.325. The predicted molar refractivity (Wildman–Crippen MR) is 80.6 cm³/mol. The molecule has 5 nitrogen and oxygen atoms in total. The maximum Gasteiger partial charge on any atom is 0.262 e. The van der Waals surface area contributed by atoms with E-state index in [1.165, 1.54) is 22.8 Å². The Morgan fingerprint density at radius 3 is 2.81 bits per heavy atom. The Kier molecular flexibility index (Phi) is 4.14. The number of benzene rings is 1. The molecule has 0 saturated carbocycles. The SMILES string of the molecule is O=c1c2cc(F)ccc2[nH]c(=S)n1CCN1CCOCC1. The Morgan fingerprint density at radius 2 is 2.05 bits per heavy atom. The van der Waals surface area contributed by atoms with Gasteiger partial charge < -0.3 is 9.72 Å². The van der Waals surface area contributed by atoms with E-state index in [0.29, 0.717) is 35.4 Å². The highest BCUT2D eigenvalue weighted by molar-refractivity contribution is 7.71. The van der Waals surface area contributed by atoms with E-state index in [4.69, 9.17) is 17.0 Å². The van der Waals surface area contributed by atoms with Gasteiger partial charge in [0.05, 0.1) is 24.1 Å². The third kappa shape index (κ3) is 3.04. The molecule has 0 atom stereocenters. The Morgan fingerprint density at radius 1 is 1.29 bits per heavy atom. The maximum atomic E-state index is 13.3. The van der Waals surface area contributed by atoms with Gasteiger partial charge in [0.2, 0.25) is 0 Å². The fraction of sp³-hybridized carbons (Fsp3) is 0.429. The van der Waals surface area contributed by atoms with Crippen LogP contribution in [0, 0.1) is 10.6 Å². The highest BCUT2D eigenvalue weighted by Crippen LogP contribution is 2.09. The van der Waals surface area contributed by atoms with Crippen LogP contribution in [0.4, 0.5) is 4.39 Å². The van der Waals surface area contributed by atoms with Crippen molar-refractivity contribution in [2.45, 2.75) is 6.54 Å². The number of fused-ring (bicyclic) bond motifs is 1. The van der Waals surface area contributed by atoms with Crippen molar-refractivity contribution in [2.75, 3.05) is 32.8 Å². The van der Waals surface area contributed by atoms with Crippen molar-refractivity contribution in [3.63, 3.8) is 0 Å². The molecule has 0 radical (unpaired) electrons. The van der Waals surface area contributed by atoms with Gasteiger partial charge in [0.15, 0.2) is 4.77 Å². The normalized spacial score (nSPS) is 16.4. The van der Waals surface area contributed by atoms with Crippen molar-refractivity contribution < 1.29 is 9.13 Å². The lowest BCUT2D eigenvalue weighted by molar-refractivity contribution is 0.0362. The molecule has 2 heterocycles. The molecule has 0 unspecified atom stereocenters. The van der Waals surface area contributed by atoms with Crippen LogP contribution in [0.15, 0.2) is 23.0 Å². The van der Waals surface area contributed by atoms with Crippen LogP contribution in [0.3, 0.4) is 0 Å². The van der Waals surface area contributed by atoms with Gasteiger partial charge in [-0.25, -0.2) is 4.39 Å². The van der Waals surface area contributed by atoms with E-state index in [9.17, 15) is 9.18 Å². The van der Waals surface area contributed by atoms with Crippen molar-refractivity contribution >= 4 is 23.1 Å². The highest BCUT2D eigenvalue weighted by atomic mass is 32.1. The molecule has 1 aromatic heterocycles. The molecule has 7 heteroatoms. The van der Waals surface area contributed by atoms with Crippen LogP contribution < -0.4 is 5.56 Å². The van der Waals surface area contributed by atoms with Gasteiger partial charge in [-0.2, -0.15) is 0 Å². The van der Waals surface area contributed by atoms with E-state index in [1.54, 1.807) is 0 Å². The Bertz CT molecular complexity index is 765. The molecular weight excluding hydrogens is 293 g/mol. The minimum Gasteiger partial charge on any atom is -0.379 e. The lowest BCUT2D eigenvalue weighted by Gasteiger charge is -2.26. The monoisotopic (exact) mass is 309 g/mol. The molecule has 1 N–H and O–H groups in total. The van der Waals surface area contributed by atoms with Crippen molar-refractivity contribution in [1.82, 2.24) is 14.5 Å². The van der Waals surface area contributed by atoms with Crippen molar-refractivity contribution in [2.24, 2.45) is 0 Å². The summed E-state index contributed by atoms with van der Waals surface area (Å²) in [5.74, 6) is -0.426. The molecule has 0 amide bonds. The second kappa shape index (κ2) is 6.05. The van der Waals surface area contributed by atoms with Gasteiger partial charge in [-0.3, -0.25) is 14.3 Å². The zero-order valence-electron chi connectivity index (χ0n) is 11.5. The summed E-state index contributed by atoms with van der Waals surface area (Å²) in [6.07, 6.45) is 0. The van der Waals surface area contributed by atoms with Gasteiger partial charge in [0.1, 0.15) is 5.82 Å². The number of halogens is 1. The lowest BCUT2D eigenvalue weighted by atomic mass is 10.2. The first kappa shape index (κ1) is 14.4. The smallest absolute Gasteiger partial charge is 0.262 e. The van der Waals surface area contributed by atoms with Crippen LogP contribution in [-0.2, 0) is 11.3 Å². The number of ether oxygens (including phenoxy) is 1. The highest BCUT2D eigenvalue weighted by Gasteiger charge is 2.12. The zero-order chi connectivity index (χ0) is 14.8. The molecule has 1 aliphatic heterocycles. The van der Waals surface area contributed by atoms with Gasteiger partial charge in [-0.15, -0.1) is 0 Å². The molecule has 0 bridgehead atoms. The van der Waals surface area contributed by atoms with E-state index >= 15 is 0 Å². The minimum absolute atomic E-state index is 0.249. The van der Waals surface area contributed by atoms with Crippen molar-refractivity contribution in [3.05, 3.63) is 39.1 Å². The molecular formula is C14H16FN3O2S. The van der Waals surface area contributed by atoms with Gasteiger partial charge in [-0.1, -0.05) is 0 Å². The summed E-state index contributed by atoms with van der Waals surface area (Å²) < 4.78 is 20.5. The summed E-state index contributed by atoms with van der Waals surface area (Å²) >= 11 is 5.24. The summed E-state index contributed by atoms with van der Waals surface area (Å²) in [6.45, 7) is 4.35. The van der Waals surface area contributed by atoms with Gasteiger partial charge >= 0.3 is 0 Å². The Balaban J connectivity index is 1.90. The number of rotatable bonds is 3. The fourth-order valence-electron chi connectivity index (χ4n) is 2.49. The summed E-state index contributed by atoms with van der Waals surface area (Å²) in [5.41, 5.74) is 0.315. The molecule has 112 valence electrons. The molecule has 0 spiro atoms. The van der Waals surface area contributed by atoms with Crippen LogP contribution in [0.2, 0.25) is 0 Å². The number of hydrogen-bond acceptors (Lipinski definition) is 4. The number of aromatic nitrogens is 2. The largest absolute Gasteiger partial charge is 0.379 e. The first-order valence-electron chi connectivity index (χ1n) is 6.87.